The first-order valence-electron chi connectivity index (χ1n) is 7.54. The van der Waals surface area contributed by atoms with Crippen molar-refractivity contribution in [1.82, 2.24) is 9.97 Å². The van der Waals surface area contributed by atoms with Gasteiger partial charge in [-0.2, -0.15) is 0 Å². The average molecular weight is 262 g/mol. The normalized spacial score (nSPS) is 18.3. The first kappa shape index (κ1) is 14.3. The van der Waals surface area contributed by atoms with E-state index >= 15 is 0 Å². The van der Waals surface area contributed by atoms with Gasteiger partial charge in [0.2, 0.25) is 0 Å². The third kappa shape index (κ3) is 3.90. The fraction of sp³-hybridized carbons (Fsp3) is 0.733. The summed E-state index contributed by atoms with van der Waals surface area (Å²) in [5.74, 6) is 2.46. The maximum atomic E-state index is 5.95. The van der Waals surface area contributed by atoms with Crippen LogP contribution < -0.4 is 11.1 Å². The lowest BCUT2D eigenvalue weighted by Gasteiger charge is -2.30. The molecule has 3 N–H and O–H groups in total. The van der Waals surface area contributed by atoms with Crippen molar-refractivity contribution in [2.45, 2.75) is 58.4 Å². The molecule has 4 heteroatoms. The number of hydrogen-bond donors (Lipinski definition) is 2. The molecule has 0 bridgehead atoms. The van der Waals surface area contributed by atoms with Crippen molar-refractivity contribution >= 4 is 5.82 Å². The molecule has 0 spiro atoms. The van der Waals surface area contributed by atoms with Gasteiger partial charge < -0.3 is 11.1 Å². The van der Waals surface area contributed by atoms with Crippen LogP contribution in [0.5, 0.6) is 0 Å². The Morgan fingerprint density at radius 3 is 2.68 bits per heavy atom. The average Bonchev–Trinajstić information content (AvgIpc) is 2.45. The fourth-order valence-electron chi connectivity index (χ4n) is 2.98. The van der Waals surface area contributed by atoms with E-state index in [1.165, 1.54) is 32.1 Å². The number of nitrogens with one attached hydrogen (secondary N) is 1. The van der Waals surface area contributed by atoms with Crippen LogP contribution >= 0.6 is 0 Å². The number of hydrogen-bond acceptors (Lipinski definition) is 4. The van der Waals surface area contributed by atoms with Gasteiger partial charge in [-0.3, -0.25) is 0 Å². The van der Waals surface area contributed by atoms with Crippen molar-refractivity contribution in [2.24, 2.45) is 11.7 Å². The molecule has 1 aliphatic carbocycles. The Morgan fingerprint density at radius 2 is 2.05 bits per heavy atom. The van der Waals surface area contributed by atoms with Crippen LogP contribution in [-0.2, 0) is 6.42 Å². The number of aryl methyl sites for hydroxylation is 2. The molecule has 1 aromatic rings. The van der Waals surface area contributed by atoms with Gasteiger partial charge in [-0.15, -0.1) is 0 Å². The molecule has 1 unspecified atom stereocenters. The van der Waals surface area contributed by atoms with E-state index in [1.54, 1.807) is 0 Å². The molecular formula is C15H26N4. The van der Waals surface area contributed by atoms with Crippen LogP contribution in [0.3, 0.4) is 0 Å². The molecule has 4 nitrogen and oxygen atoms in total. The topological polar surface area (TPSA) is 63.8 Å². The monoisotopic (exact) mass is 262 g/mol. The predicted octanol–water partition coefficient (Wildman–Crippen LogP) is 2.67. The molecule has 1 fully saturated rings. The summed E-state index contributed by atoms with van der Waals surface area (Å²) in [6.07, 6.45) is 7.58. The highest BCUT2D eigenvalue weighted by molar-refractivity contribution is 5.37. The van der Waals surface area contributed by atoms with E-state index in [0.717, 1.165) is 23.8 Å². The van der Waals surface area contributed by atoms with Crippen LogP contribution in [0.1, 0.15) is 50.5 Å². The summed E-state index contributed by atoms with van der Waals surface area (Å²) in [6, 6.07) is 2.40. The van der Waals surface area contributed by atoms with Crippen LogP contribution in [0.25, 0.3) is 0 Å². The minimum Gasteiger partial charge on any atom is -0.366 e. The summed E-state index contributed by atoms with van der Waals surface area (Å²) in [5, 5.41) is 3.54. The standard InChI is InChI=1S/C15H26N4/c1-3-13-9-15(18-11(2)17-13)19-14(10-16)12-7-5-4-6-8-12/h9,12,14H,3-8,10,16H2,1-2H3,(H,17,18,19). The summed E-state index contributed by atoms with van der Waals surface area (Å²) in [4.78, 5) is 8.90. The first-order valence-corrected chi connectivity index (χ1v) is 7.54. The van der Waals surface area contributed by atoms with E-state index < -0.39 is 0 Å². The molecule has 0 saturated heterocycles. The van der Waals surface area contributed by atoms with E-state index in [9.17, 15) is 0 Å². The molecule has 2 rings (SSSR count). The maximum Gasteiger partial charge on any atom is 0.130 e. The molecule has 0 amide bonds. The number of nitrogens with two attached hydrogens (primary N) is 1. The lowest BCUT2D eigenvalue weighted by atomic mass is 9.84. The number of aromatic nitrogens is 2. The maximum absolute atomic E-state index is 5.95. The van der Waals surface area contributed by atoms with E-state index in [0.29, 0.717) is 18.5 Å². The number of rotatable bonds is 5. The zero-order chi connectivity index (χ0) is 13.7. The molecule has 0 radical (unpaired) electrons. The van der Waals surface area contributed by atoms with E-state index in [4.69, 9.17) is 5.73 Å². The molecule has 0 aromatic carbocycles. The second kappa shape index (κ2) is 6.85. The largest absolute Gasteiger partial charge is 0.366 e. The minimum atomic E-state index is 0.347. The lowest BCUT2D eigenvalue weighted by Crippen LogP contribution is -2.37. The zero-order valence-electron chi connectivity index (χ0n) is 12.2. The van der Waals surface area contributed by atoms with Gasteiger partial charge in [0.1, 0.15) is 11.6 Å². The Hall–Kier alpha value is -1.16. The zero-order valence-corrected chi connectivity index (χ0v) is 12.2. The van der Waals surface area contributed by atoms with Crippen LogP contribution in [0.2, 0.25) is 0 Å². The Labute approximate surface area is 116 Å². The Morgan fingerprint density at radius 1 is 1.32 bits per heavy atom. The summed E-state index contributed by atoms with van der Waals surface area (Å²) in [7, 11) is 0. The summed E-state index contributed by atoms with van der Waals surface area (Å²) in [5.41, 5.74) is 7.05. The van der Waals surface area contributed by atoms with Gasteiger partial charge in [0, 0.05) is 24.3 Å². The van der Waals surface area contributed by atoms with Gasteiger partial charge in [0.25, 0.3) is 0 Å². The van der Waals surface area contributed by atoms with Gasteiger partial charge in [-0.05, 0) is 32.1 Å². The number of anilines is 1. The molecule has 1 saturated carbocycles. The van der Waals surface area contributed by atoms with E-state index in [2.05, 4.69) is 28.3 Å². The molecular weight excluding hydrogens is 236 g/mol. The van der Waals surface area contributed by atoms with Crippen molar-refractivity contribution in [2.75, 3.05) is 11.9 Å². The second-order valence-electron chi connectivity index (χ2n) is 5.53. The Kier molecular flexibility index (Phi) is 5.14. The molecule has 1 heterocycles. The highest BCUT2D eigenvalue weighted by Crippen LogP contribution is 2.27. The molecule has 1 aliphatic rings. The van der Waals surface area contributed by atoms with Crippen molar-refractivity contribution < 1.29 is 0 Å². The molecule has 1 atom stereocenters. The van der Waals surface area contributed by atoms with E-state index in [-0.39, 0.29) is 0 Å². The van der Waals surface area contributed by atoms with Crippen LogP contribution in [0, 0.1) is 12.8 Å². The fourth-order valence-corrected chi connectivity index (χ4v) is 2.98. The highest BCUT2D eigenvalue weighted by atomic mass is 15.1. The number of nitrogens with zero attached hydrogens (tertiary/aromatic N) is 2. The van der Waals surface area contributed by atoms with Crippen molar-refractivity contribution in [1.29, 1.82) is 0 Å². The van der Waals surface area contributed by atoms with Gasteiger partial charge >= 0.3 is 0 Å². The molecule has 19 heavy (non-hydrogen) atoms. The van der Waals surface area contributed by atoms with Crippen molar-refractivity contribution in [3.05, 3.63) is 17.6 Å². The van der Waals surface area contributed by atoms with Crippen LogP contribution in [0.15, 0.2) is 6.07 Å². The van der Waals surface area contributed by atoms with Crippen molar-refractivity contribution in [3.63, 3.8) is 0 Å². The summed E-state index contributed by atoms with van der Waals surface area (Å²) >= 11 is 0. The van der Waals surface area contributed by atoms with Gasteiger partial charge in [-0.1, -0.05) is 26.2 Å². The first-order chi connectivity index (χ1) is 9.22. The van der Waals surface area contributed by atoms with Gasteiger partial charge in [0.05, 0.1) is 0 Å². The Bertz CT molecular complexity index is 399. The highest BCUT2D eigenvalue weighted by Gasteiger charge is 2.22. The summed E-state index contributed by atoms with van der Waals surface area (Å²) < 4.78 is 0. The third-order valence-corrected chi connectivity index (χ3v) is 4.06. The van der Waals surface area contributed by atoms with Crippen molar-refractivity contribution in [3.8, 4) is 0 Å². The van der Waals surface area contributed by atoms with Gasteiger partial charge in [-0.25, -0.2) is 9.97 Å². The quantitative estimate of drug-likeness (QED) is 0.856. The van der Waals surface area contributed by atoms with E-state index in [1.807, 2.05) is 6.92 Å². The van der Waals surface area contributed by atoms with Crippen LogP contribution in [-0.4, -0.2) is 22.6 Å². The molecule has 106 valence electrons. The SMILES string of the molecule is CCc1cc(NC(CN)C2CCCCC2)nc(C)n1. The summed E-state index contributed by atoms with van der Waals surface area (Å²) in [6.45, 7) is 4.74. The third-order valence-electron chi connectivity index (χ3n) is 4.06. The predicted molar refractivity (Wildman–Crippen MR) is 79.2 cm³/mol. The molecule has 0 aliphatic heterocycles. The van der Waals surface area contributed by atoms with Gasteiger partial charge in [0.15, 0.2) is 0 Å². The smallest absolute Gasteiger partial charge is 0.130 e. The second-order valence-corrected chi connectivity index (χ2v) is 5.53. The molecule has 1 aromatic heterocycles. The lowest BCUT2D eigenvalue weighted by molar-refractivity contribution is 0.320. The minimum absolute atomic E-state index is 0.347. The van der Waals surface area contributed by atoms with Crippen LogP contribution in [0.4, 0.5) is 5.82 Å². The Balaban J connectivity index is 2.06.